The molecule has 3 fully saturated rings. The average Bonchev–Trinajstić information content (AvgIpc) is 2.89. The van der Waals surface area contributed by atoms with E-state index in [1.807, 2.05) is 0 Å². The van der Waals surface area contributed by atoms with Crippen molar-refractivity contribution in [1.82, 2.24) is 14.5 Å². The number of rotatable bonds is 4. The topological polar surface area (TPSA) is 204 Å². The number of ketones is 4. The maximum absolute atomic E-state index is 14.8. The van der Waals surface area contributed by atoms with Crippen LogP contribution >= 0.6 is 0 Å². The molecule has 13 nitrogen and oxygen atoms in total. The Morgan fingerprint density at radius 3 is 2.36 bits per heavy atom. The van der Waals surface area contributed by atoms with Gasteiger partial charge in [0.15, 0.2) is 34.7 Å². The molecule has 1 aromatic carbocycles. The predicted octanol–water partition coefficient (Wildman–Crippen LogP) is -1.21. The van der Waals surface area contributed by atoms with E-state index >= 15 is 0 Å². The van der Waals surface area contributed by atoms with E-state index in [2.05, 4.69) is 5.32 Å². The lowest BCUT2D eigenvalue weighted by molar-refractivity contribution is -0.181. The number of nitrogens with zero attached hydrogens (tertiary/aromatic N) is 2. The normalized spacial score (nSPS) is 33.2. The van der Waals surface area contributed by atoms with Crippen LogP contribution in [0, 0.1) is 23.7 Å². The summed E-state index contributed by atoms with van der Waals surface area (Å²) in [5.74, 6) is -14.2. The van der Waals surface area contributed by atoms with E-state index in [0.29, 0.717) is 6.07 Å². The summed E-state index contributed by atoms with van der Waals surface area (Å²) in [6, 6.07) is -1.91. The standard InChI is InChI=1S/C27H31F3N4O9S/c1-33(2)20-13-7-10-6-12-17(21(36)16(10)23(38)26(13,41)24(39)18(22(20)37)25(31)40)15(35)8-11(19(12)27(28,29)30)14-9-34(5-4-32-14)44(3,42)43/h8,10,13-14,16,18,20,32,35,41H,4-7,9H2,1-3H3,(H2,31,40). The Bertz CT molecular complexity index is 1610. The molecule has 4 aliphatic rings. The Labute approximate surface area is 249 Å². The minimum Gasteiger partial charge on any atom is -0.507 e. The van der Waals surface area contributed by atoms with Gasteiger partial charge in [0.1, 0.15) is 5.75 Å². The number of Topliss-reactive ketones (excluding diaryl/α,β-unsaturated/α-hetero) is 4. The van der Waals surface area contributed by atoms with Gasteiger partial charge in [-0.2, -0.15) is 17.5 Å². The number of nitrogens with one attached hydrogen (secondary N) is 1. The van der Waals surface area contributed by atoms with E-state index in [-0.39, 0.29) is 19.6 Å². The van der Waals surface area contributed by atoms with E-state index in [1.165, 1.54) is 19.0 Å². The number of carbonyl (C=O) groups is 5. The van der Waals surface area contributed by atoms with Gasteiger partial charge in [-0.15, -0.1) is 0 Å². The van der Waals surface area contributed by atoms with Crippen molar-refractivity contribution in [3.63, 3.8) is 0 Å². The first kappa shape index (κ1) is 32.2. The SMILES string of the molecule is CN(C)C1C(=O)C(C(N)=O)C(=O)C2(O)C(=O)C3C(=O)c4c(O)cc(C5CN(S(C)(=O)=O)CCN5)c(C(F)(F)F)c4CC3CC12. The fraction of sp³-hybridized carbons (Fsp3) is 0.593. The highest BCUT2D eigenvalue weighted by Gasteiger charge is 2.69. The first-order chi connectivity index (χ1) is 20.2. The Kier molecular flexibility index (Phi) is 7.60. The number of fused-ring (bicyclic) bond motifs is 3. The second-order valence-corrected chi connectivity index (χ2v) is 14.1. The Balaban J connectivity index is 1.66. The molecule has 44 heavy (non-hydrogen) atoms. The Hall–Kier alpha value is -3.25. The second kappa shape index (κ2) is 10.4. The molecule has 5 rings (SSSR count). The highest BCUT2D eigenvalue weighted by atomic mass is 32.2. The summed E-state index contributed by atoms with van der Waals surface area (Å²) >= 11 is 0. The number of alkyl halides is 3. The highest BCUT2D eigenvalue weighted by molar-refractivity contribution is 7.88. The van der Waals surface area contributed by atoms with Gasteiger partial charge in [-0.25, -0.2) is 8.42 Å². The lowest BCUT2D eigenvalue weighted by atomic mass is 9.52. The molecule has 7 unspecified atom stereocenters. The van der Waals surface area contributed by atoms with E-state index in [1.54, 1.807) is 0 Å². The van der Waals surface area contributed by atoms with Gasteiger partial charge in [0.05, 0.1) is 29.3 Å². The Morgan fingerprint density at radius 2 is 1.82 bits per heavy atom. The van der Waals surface area contributed by atoms with E-state index in [9.17, 15) is 55.8 Å². The summed E-state index contributed by atoms with van der Waals surface area (Å²) in [6.45, 7) is -0.377. The summed E-state index contributed by atoms with van der Waals surface area (Å²) in [5, 5.41) is 25.4. The van der Waals surface area contributed by atoms with Gasteiger partial charge in [-0.3, -0.25) is 28.9 Å². The lowest BCUT2D eigenvalue weighted by Gasteiger charge is -2.52. The van der Waals surface area contributed by atoms with Crippen LogP contribution in [0.15, 0.2) is 6.07 Å². The zero-order valence-electron chi connectivity index (χ0n) is 23.8. The number of phenolic OH excluding ortho intramolecular Hbond substituents is 1. The van der Waals surface area contributed by atoms with E-state index in [4.69, 9.17) is 5.73 Å². The number of primary amides is 1. The van der Waals surface area contributed by atoms with Crippen LogP contribution in [-0.4, -0.2) is 109 Å². The maximum atomic E-state index is 14.8. The van der Waals surface area contributed by atoms with E-state index in [0.717, 1.165) is 10.6 Å². The molecule has 1 heterocycles. The van der Waals surface area contributed by atoms with Crippen molar-refractivity contribution < 1.29 is 55.8 Å². The molecule has 1 amide bonds. The van der Waals surface area contributed by atoms with Gasteiger partial charge in [-0.1, -0.05) is 0 Å². The molecular formula is C27H31F3N4O9S. The lowest BCUT2D eigenvalue weighted by Crippen LogP contribution is -2.74. The molecule has 1 aliphatic heterocycles. The molecule has 1 aromatic rings. The fourth-order valence-electron chi connectivity index (χ4n) is 7.55. The van der Waals surface area contributed by atoms with Gasteiger partial charge < -0.3 is 21.3 Å². The third-order valence-electron chi connectivity index (χ3n) is 9.36. The molecule has 1 saturated heterocycles. The van der Waals surface area contributed by atoms with Gasteiger partial charge in [-0.05, 0) is 50.0 Å². The van der Waals surface area contributed by atoms with Crippen molar-refractivity contribution in [3.8, 4) is 5.75 Å². The van der Waals surface area contributed by atoms with Crippen LogP contribution in [0.1, 0.15) is 39.5 Å². The fourth-order valence-corrected chi connectivity index (χ4v) is 8.39. The first-order valence-electron chi connectivity index (χ1n) is 13.7. The third kappa shape index (κ3) is 4.67. The van der Waals surface area contributed by atoms with Crippen molar-refractivity contribution in [2.24, 2.45) is 29.4 Å². The van der Waals surface area contributed by atoms with Gasteiger partial charge in [0.2, 0.25) is 15.9 Å². The zero-order valence-corrected chi connectivity index (χ0v) is 24.7. The highest BCUT2D eigenvalue weighted by Crippen LogP contribution is 2.53. The van der Waals surface area contributed by atoms with Crippen molar-refractivity contribution in [3.05, 3.63) is 28.3 Å². The number of benzene rings is 1. The summed E-state index contributed by atoms with van der Waals surface area (Å²) in [4.78, 5) is 67.6. The number of phenols is 1. The number of nitrogens with two attached hydrogens (primary N) is 1. The van der Waals surface area contributed by atoms with Crippen molar-refractivity contribution >= 4 is 39.1 Å². The smallest absolute Gasteiger partial charge is 0.417 e. The van der Waals surface area contributed by atoms with Crippen molar-refractivity contribution in [1.29, 1.82) is 0 Å². The average molecular weight is 645 g/mol. The number of hydrogen-bond donors (Lipinski definition) is 4. The zero-order chi connectivity index (χ0) is 32.8. The van der Waals surface area contributed by atoms with Gasteiger partial charge >= 0.3 is 6.18 Å². The molecule has 17 heteroatoms. The summed E-state index contributed by atoms with van der Waals surface area (Å²) in [7, 11) is -1.00. The van der Waals surface area contributed by atoms with Crippen molar-refractivity contribution in [2.75, 3.05) is 40.0 Å². The first-order valence-corrected chi connectivity index (χ1v) is 15.6. The molecule has 3 aliphatic carbocycles. The van der Waals surface area contributed by atoms with Crippen LogP contribution in [0.25, 0.3) is 0 Å². The number of aromatic hydroxyl groups is 1. The number of hydrogen-bond acceptors (Lipinski definition) is 11. The predicted molar refractivity (Wildman–Crippen MR) is 144 cm³/mol. The third-order valence-corrected chi connectivity index (χ3v) is 10.6. The molecular weight excluding hydrogens is 613 g/mol. The van der Waals surface area contributed by atoms with Gasteiger partial charge in [0, 0.05) is 31.6 Å². The Morgan fingerprint density at radius 1 is 1.18 bits per heavy atom. The van der Waals surface area contributed by atoms with Crippen molar-refractivity contribution in [2.45, 2.75) is 36.7 Å². The molecule has 0 spiro atoms. The minimum absolute atomic E-state index is 0.00332. The maximum Gasteiger partial charge on any atom is 0.417 e. The van der Waals surface area contributed by atoms with Gasteiger partial charge in [0.25, 0.3) is 0 Å². The number of carbonyl (C=O) groups excluding carboxylic acids is 5. The molecule has 0 radical (unpaired) electrons. The number of aliphatic hydroxyl groups is 1. The number of piperazine rings is 1. The second-order valence-electron chi connectivity index (χ2n) is 12.1. The molecule has 0 bridgehead atoms. The van der Waals surface area contributed by atoms with Crippen LogP contribution in [0.5, 0.6) is 5.75 Å². The molecule has 2 saturated carbocycles. The molecule has 0 aromatic heterocycles. The number of likely N-dealkylation sites (N-methyl/N-ethyl adjacent to an activating group) is 1. The monoisotopic (exact) mass is 644 g/mol. The number of amides is 1. The molecule has 5 N–H and O–H groups in total. The summed E-state index contributed by atoms with van der Waals surface area (Å²) in [6.07, 6.45) is -5.19. The van der Waals surface area contributed by atoms with Crippen LogP contribution in [0.3, 0.4) is 0 Å². The number of sulfonamides is 1. The summed E-state index contributed by atoms with van der Waals surface area (Å²) < 4.78 is 69.7. The van der Waals surface area contributed by atoms with Crippen LogP contribution in [-0.2, 0) is 41.8 Å². The molecule has 7 atom stereocenters. The van der Waals surface area contributed by atoms with Crippen LogP contribution in [0.2, 0.25) is 0 Å². The quantitative estimate of drug-likeness (QED) is 0.286. The van der Waals surface area contributed by atoms with Crippen LogP contribution in [0.4, 0.5) is 13.2 Å². The van der Waals surface area contributed by atoms with Crippen LogP contribution < -0.4 is 11.1 Å². The summed E-state index contributed by atoms with van der Waals surface area (Å²) in [5.41, 5.74) is -0.919. The minimum atomic E-state index is -5.09. The van der Waals surface area contributed by atoms with E-state index < -0.39 is 127 Å². The number of halogens is 3. The molecule has 240 valence electrons. The largest absolute Gasteiger partial charge is 0.507 e.